The molecule has 1 atom stereocenters. The van der Waals surface area contributed by atoms with Crippen molar-refractivity contribution in [2.24, 2.45) is 0 Å². The second kappa shape index (κ2) is 9.56. The molecule has 0 aromatic heterocycles. The highest BCUT2D eigenvalue weighted by atomic mass is 28.4. The monoisotopic (exact) mass is 358 g/mol. The summed E-state index contributed by atoms with van der Waals surface area (Å²) in [6, 6.07) is 9.73. The van der Waals surface area contributed by atoms with Crippen LogP contribution in [0.2, 0.25) is 19.1 Å². The van der Waals surface area contributed by atoms with Gasteiger partial charge >= 0.3 is 8.56 Å². The maximum atomic E-state index is 9.45. The zero-order chi connectivity index (χ0) is 17.3. The molecule has 0 spiro atoms. The third kappa shape index (κ3) is 6.74. The van der Waals surface area contributed by atoms with Crippen LogP contribution < -0.4 is 4.74 Å². The van der Waals surface area contributed by atoms with Crippen LogP contribution in [-0.4, -0.2) is 56.2 Å². The van der Waals surface area contributed by atoms with Crippen molar-refractivity contribution in [1.82, 2.24) is 0 Å². The molecule has 0 saturated carbocycles. The van der Waals surface area contributed by atoms with Crippen molar-refractivity contribution in [1.29, 1.82) is 0 Å². The molecule has 23 heavy (non-hydrogen) atoms. The molecular weight excluding hydrogens is 328 g/mol. The summed E-state index contributed by atoms with van der Waals surface area (Å²) in [7, 11) is 1.07. The van der Waals surface area contributed by atoms with Gasteiger partial charge in [-0.2, -0.15) is 0 Å². The number of aliphatic hydroxyl groups is 1. The van der Waals surface area contributed by atoms with E-state index in [0.717, 1.165) is 24.3 Å². The van der Waals surface area contributed by atoms with Gasteiger partial charge in [-0.05, 0) is 49.3 Å². The summed E-state index contributed by atoms with van der Waals surface area (Å²) in [4.78, 5) is 0. The highest BCUT2D eigenvalue weighted by molar-refractivity contribution is 6.71. The first kappa shape index (κ1) is 20.3. The third-order valence-electron chi connectivity index (χ3n) is 4.24. The first-order valence-electron chi connectivity index (χ1n) is 7.88. The van der Waals surface area contributed by atoms with E-state index in [1.165, 1.54) is 5.56 Å². The minimum absolute atomic E-state index is 0.128. The Morgan fingerprint density at radius 1 is 0.957 bits per heavy atom. The summed E-state index contributed by atoms with van der Waals surface area (Å²) in [5, 5.41) is 9.45. The number of rotatable bonds is 11. The second-order valence-corrected chi connectivity index (χ2v) is 13.7. The molecule has 0 saturated heterocycles. The zero-order valence-electron chi connectivity index (χ0n) is 14.9. The first-order chi connectivity index (χ1) is 10.9. The van der Waals surface area contributed by atoms with Crippen LogP contribution in [0.25, 0.3) is 0 Å². The summed E-state index contributed by atoms with van der Waals surface area (Å²) in [6.07, 6.45) is 1.04. The summed E-state index contributed by atoms with van der Waals surface area (Å²) >= 11 is 0. The summed E-state index contributed by atoms with van der Waals surface area (Å²) in [6.45, 7) is 4.74. The quantitative estimate of drug-likeness (QED) is 0.487. The van der Waals surface area contributed by atoms with Gasteiger partial charge in [0.2, 0.25) is 8.32 Å². The van der Waals surface area contributed by atoms with Crippen LogP contribution in [0, 0.1) is 0 Å². The van der Waals surface area contributed by atoms with Crippen molar-refractivity contribution in [3.8, 4) is 5.75 Å². The smallest absolute Gasteiger partial charge is 0.334 e. The van der Waals surface area contributed by atoms with Gasteiger partial charge < -0.3 is 23.1 Å². The molecule has 0 bridgehead atoms. The van der Waals surface area contributed by atoms with Gasteiger partial charge in [-0.15, -0.1) is 0 Å². The SMILES string of the molecule is CO[Si](C)(CO)Cc1ccc(OCCC[Si](C)(OC)OC)cc1. The van der Waals surface area contributed by atoms with Gasteiger partial charge in [0.05, 0.1) is 12.8 Å². The molecule has 1 aromatic carbocycles. The molecule has 1 rings (SSSR count). The molecule has 1 unspecified atom stereocenters. The lowest BCUT2D eigenvalue weighted by Gasteiger charge is -2.23. The minimum Gasteiger partial charge on any atom is -0.494 e. The molecule has 0 fully saturated rings. The fourth-order valence-electron chi connectivity index (χ4n) is 2.20. The summed E-state index contributed by atoms with van der Waals surface area (Å²) in [5.74, 6) is 0.858. The number of aliphatic hydroxyl groups excluding tert-OH is 1. The highest BCUT2D eigenvalue weighted by Crippen LogP contribution is 2.18. The maximum Gasteiger partial charge on any atom is 0.334 e. The molecule has 0 aliphatic rings. The fraction of sp³-hybridized carbons (Fsp3) is 0.625. The van der Waals surface area contributed by atoms with Crippen molar-refractivity contribution < 1.29 is 23.1 Å². The molecule has 1 N–H and O–H groups in total. The van der Waals surface area contributed by atoms with E-state index in [1.807, 2.05) is 30.8 Å². The fourth-order valence-corrected chi connectivity index (χ4v) is 5.04. The summed E-state index contributed by atoms with van der Waals surface area (Å²) < 4.78 is 22.2. The van der Waals surface area contributed by atoms with Crippen LogP contribution in [0.5, 0.6) is 5.75 Å². The van der Waals surface area contributed by atoms with Gasteiger partial charge in [-0.1, -0.05) is 12.1 Å². The predicted octanol–water partition coefficient (Wildman–Crippen LogP) is 2.66. The predicted molar refractivity (Wildman–Crippen MR) is 96.4 cm³/mol. The largest absolute Gasteiger partial charge is 0.494 e. The molecule has 0 aliphatic carbocycles. The van der Waals surface area contributed by atoms with E-state index in [2.05, 4.69) is 6.55 Å². The number of benzene rings is 1. The zero-order valence-corrected chi connectivity index (χ0v) is 16.9. The molecule has 7 heteroatoms. The van der Waals surface area contributed by atoms with Crippen molar-refractivity contribution in [2.75, 3.05) is 34.2 Å². The molecule has 132 valence electrons. The van der Waals surface area contributed by atoms with Gasteiger partial charge in [0.25, 0.3) is 0 Å². The first-order valence-corrected chi connectivity index (χ1v) is 13.2. The van der Waals surface area contributed by atoms with Gasteiger partial charge in [0.1, 0.15) is 5.75 Å². The van der Waals surface area contributed by atoms with Crippen molar-refractivity contribution in [3.63, 3.8) is 0 Å². The van der Waals surface area contributed by atoms with E-state index >= 15 is 0 Å². The Kier molecular flexibility index (Phi) is 8.45. The number of ether oxygens (including phenoxy) is 1. The minimum atomic E-state index is -2.02. The van der Waals surface area contributed by atoms with Crippen molar-refractivity contribution in [3.05, 3.63) is 29.8 Å². The molecule has 5 nitrogen and oxygen atoms in total. The Labute approximate surface area is 141 Å². The Morgan fingerprint density at radius 2 is 1.57 bits per heavy atom. The third-order valence-corrected chi connectivity index (χ3v) is 10.0. The average molecular weight is 359 g/mol. The van der Waals surface area contributed by atoms with E-state index in [-0.39, 0.29) is 6.23 Å². The second-order valence-electron chi connectivity index (χ2n) is 6.13. The summed E-state index contributed by atoms with van der Waals surface area (Å²) in [5.41, 5.74) is 1.17. The van der Waals surface area contributed by atoms with E-state index in [4.69, 9.17) is 18.0 Å². The van der Waals surface area contributed by atoms with Crippen LogP contribution in [0.4, 0.5) is 0 Å². The van der Waals surface area contributed by atoms with Gasteiger partial charge in [0, 0.05) is 21.3 Å². The lowest BCUT2D eigenvalue weighted by molar-refractivity contribution is 0.241. The van der Waals surface area contributed by atoms with Crippen LogP contribution >= 0.6 is 0 Å². The van der Waals surface area contributed by atoms with Gasteiger partial charge in [0.15, 0.2) is 0 Å². The van der Waals surface area contributed by atoms with E-state index in [0.29, 0.717) is 6.61 Å². The molecule has 0 heterocycles. The van der Waals surface area contributed by atoms with Crippen LogP contribution in [0.3, 0.4) is 0 Å². The normalized spacial score (nSPS) is 14.5. The van der Waals surface area contributed by atoms with Crippen molar-refractivity contribution >= 4 is 16.9 Å². The molecular formula is C16H30O5Si2. The number of hydrogen-bond acceptors (Lipinski definition) is 5. The topological polar surface area (TPSA) is 57.2 Å². The van der Waals surface area contributed by atoms with E-state index < -0.39 is 16.9 Å². The molecule has 0 amide bonds. The Bertz CT molecular complexity index is 444. The van der Waals surface area contributed by atoms with E-state index in [9.17, 15) is 5.11 Å². The van der Waals surface area contributed by atoms with Crippen LogP contribution in [-0.2, 0) is 19.3 Å². The number of hydrogen-bond donors (Lipinski definition) is 1. The van der Waals surface area contributed by atoms with Crippen LogP contribution in [0.15, 0.2) is 24.3 Å². The lowest BCUT2D eigenvalue weighted by atomic mass is 10.2. The maximum absolute atomic E-state index is 9.45. The van der Waals surface area contributed by atoms with Crippen LogP contribution in [0.1, 0.15) is 12.0 Å². The average Bonchev–Trinajstić information content (AvgIpc) is 2.59. The lowest BCUT2D eigenvalue weighted by Crippen LogP contribution is -2.41. The standard InChI is InChI=1S/C16H30O5Si2/c1-18-22(4,14-17)13-15-7-9-16(10-8-15)21-11-6-12-23(5,19-2)20-3/h7-10,17H,6,11-14H2,1-5H3. The Morgan fingerprint density at radius 3 is 2.04 bits per heavy atom. The van der Waals surface area contributed by atoms with Gasteiger partial charge in [-0.3, -0.25) is 0 Å². The van der Waals surface area contributed by atoms with Crippen molar-refractivity contribution in [2.45, 2.75) is 31.6 Å². The Hall–Kier alpha value is -0.706. The molecule has 0 radical (unpaired) electrons. The van der Waals surface area contributed by atoms with Gasteiger partial charge in [-0.25, -0.2) is 0 Å². The molecule has 1 aromatic rings. The van der Waals surface area contributed by atoms with E-state index in [1.54, 1.807) is 21.3 Å². The Balaban J connectivity index is 2.43. The highest BCUT2D eigenvalue weighted by Gasteiger charge is 2.28. The molecule has 0 aliphatic heterocycles.